The van der Waals surface area contributed by atoms with Crippen LogP contribution >= 0.6 is 0 Å². The van der Waals surface area contributed by atoms with E-state index in [2.05, 4.69) is 15.9 Å². The molecular formula is C20H30N2O2. The smallest absolute Gasteiger partial charge is 0.159 e. The zero-order chi connectivity index (χ0) is 16.9. The number of piperazine rings is 1. The fraction of sp³-hybridized carbons (Fsp3) is 0.650. The standard InChI is InChI=1S/C20H30N2O2/c1-16(24)18-6-4-5-17(13-18)14-21-10-11-22(19-7-2-3-8-19)20(15-21)9-12-23/h4-6,13,19-20,23H,2-3,7-12,14-15H2,1H3/t20-/m0/s1. The summed E-state index contributed by atoms with van der Waals surface area (Å²) < 4.78 is 0. The number of Topliss-reactive ketones (excluding diaryl/α,β-unsaturated/α-hetero) is 1. The van der Waals surface area contributed by atoms with Gasteiger partial charge in [0, 0.05) is 50.4 Å². The molecule has 0 radical (unpaired) electrons. The van der Waals surface area contributed by atoms with Crippen LogP contribution in [0.3, 0.4) is 0 Å². The summed E-state index contributed by atoms with van der Waals surface area (Å²) in [6, 6.07) is 9.18. The van der Waals surface area contributed by atoms with Gasteiger partial charge < -0.3 is 5.11 Å². The van der Waals surface area contributed by atoms with Gasteiger partial charge in [-0.1, -0.05) is 31.0 Å². The van der Waals surface area contributed by atoms with Crippen LogP contribution in [0.15, 0.2) is 24.3 Å². The molecule has 1 aliphatic heterocycles. The van der Waals surface area contributed by atoms with Gasteiger partial charge in [0.15, 0.2) is 5.78 Å². The number of rotatable bonds is 6. The molecule has 0 amide bonds. The molecule has 132 valence electrons. The van der Waals surface area contributed by atoms with Crippen LogP contribution in [0.1, 0.15) is 54.9 Å². The van der Waals surface area contributed by atoms with E-state index in [0.29, 0.717) is 6.04 Å². The molecule has 24 heavy (non-hydrogen) atoms. The normalized spacial score (nSPS) is 23.7. The maximum atomic E-state index is 11.6. The average Bonchev–Trinajstić information content (AvgIpc) is 3.10. The number of nitrogens with zero attached hydrogens (tertiary/aromatic N) is 2. The first kappa shape index (κ1) is 17.6. The van der Waals surface area contributed by atoms with Crippen LogP contribution in [0.2, 0.25) is 0 Å². The van der Waals surface area contributed by atoms with Crippen molar-refractivity contribution in [3.63, 3.8) is 0 Å². The van der Waals surface area contributed by atoms with Crippen molar-refractivity contribution >= 4 is 5.78 Å². The van der Waals surface area contributed by atoms with Gasteiger partial charge >= 0.3 is 0 Å². The number of carbonyl (C=O) groups excluding carboxylic acids is 1. The molecule has 3 rings (SSSR count). The van der Waals surface area contributed by atoms with Crippen LogP contribution in [-0.2, 0) is 6.54 Å². The molecule has 1 aromatic carbocycles. The Morgan fingerprint density at radius 1 is 1.25 bits per heavy atom. The number of aliphatic hydroxyl groups is 1. The van der Waals surface area contributed by atoms with Gasteiger partial charge in [0.05, 0.1) is 0 Å². The van der Waals surface area contributed by atoms with Crippen LogP contribution in [0, 0.1) is 0 Å². The second-order valence-corrected chi connectivity index (χ2v) is 7.33. The summed E-state index contributed by atoms with van der Waals surface area (Å²) in [5, 5.41) is 9.47. The minimum absolute atomic E-state index is 0.126. The van der Waals surface area contributed by atoms with Crippen molar-refractivity contribution in [3.05, 3.63) is 35.4 Å². The largest absolute Gasteiger partial charge is 0.396 e. The first-order valence-corrected chi connectivity index (χ1v) is 9.36. The summed E-state index contributed by atoms with van der Waals surface area (Å²) in [4.78, 5) is 16.7. The van der Waals surface area contributed by atoms with Gasteiger partial charge in [0.2, 0.25) is 0 Å². The van der Waals surface area contributed by atoms with E-state index in [1.807, 2.05) is 18.2 Å². The Balaban J connectivity index is 1.63. The Bertz CT molecular complexity index is 554. The third-order valence-electron chi connectivity index (χ3n) is 5.61. The lowest BCUT2D eigenvalue weighted by Crippen LogP contribution is -2.56. The van der Waals surface area contributed by atoms with E-state index in [1.54, 1.807) is 6.92 Å². The lowest BCUT2D eigenvalue weighted by molar-refractivity contribution is 0.0267. The second kappa shape index (κ2) is 8.24. The molecular weight excluding hydrogens is 300 g/mol. The molecule has 1 heterocycles. The van der Waals surface area contributed by atoms with Crippen LogP contribution in [0.5, 0.6) is 0 Å². The average molecular weight is 330 g/mol. The number of aliphatic hydroxyl groups excluding tert-OH is 1. The van der Waals surface area contributed by atoms with E-state index in [-0.39, 0.29) is 12.4 Å². The van der Waals surface area contributed by atoms with Crippen molar-refractivity contribution in [2.45, 2.75) is 57.7 Å². The molecule has 1 atom stereocenters. The van der Waals surface area contributed by atoms with Crippen molar-refractivity contribution in [1.29, 1.82) is 0 Å². The van der Waals surface area contributed by atoms with Crippen molar-refractivity contribution < 1.29 is 9.90 Å². The predicted molar refractivity (Wildman–Crippen MR) is 96.2 cm³/mol. The van der Waals surface area contributed by atoms with E-state index in [4.69, 9.17) is 0 Å². The lowest BCUT2D eigenvalue weighted by Gasteiger charge is -2.44. The van der Waals surface area contributed by atoms with Crippen LogP contribution in [0.4, 0.5) is 0 Å². The topological polar surface area (TPSA) is 43.8 Å². The summed E-state index contributed by atoms with van der Waals surface area (Å²) in [5.74, 6) is 0.126. The van der Waals surface area contributed by atoms with Gasteiger partial charge in [-0.3, -0.25) is 14.6 Å². The molecule has 2 aliphatic rings. The minimum atomic E-state index is 0.126. The van der Waals surface area contributed by atoms with E-state index in [1.165, 1.54) is 31.2 Å². The zero-order valence-electron chi connectivity index (χ0n) is 14.8. The molecule has 0 spiro atoms. The SMILES string of the molecule is CC(=O)c1cccc(CN2CCN(C3CCCC3)[C@@H](CCO)C2)c1. The molecule has 4 nitrogen and oxygen atoms in total. The first-order valence-electron chi connectivity index (χ1n) is 9.36. The molecule has 4 heteroatoms. The molecule has 1 aliphatic carbocycles. The van der Waals surface area contributed by atoms with Crippen LogP contribution in [0.25, 0.3) is 0 Å². The quantitative estimate of drug-likeness (QED) is 0.815. The van der Waals surface area contributed by atoms with E-state index >= 15 is 0 Å². The number of benzene rings is 1. The molecule has 2 fully saturated rings. The van der Waals surface area contributed by atoms with Gasteiger partial charge in [0.1, 0.15) is 0 Å². The lowest BCUT2D eigenvalue weighted by atomic mass is 10.0. The van der Waals surface area contributed by atoms with Gasteiger partial charge in [-0.05, 0) is 37.8 Å². The fourth-order valence-electron chi connectivity index (χ4n) is 4.35. The highest BCUT2D eigenvalue weighted by atomic mass is 16.3. The van der Waals surface area contributed by atoms with E-state index < -0.39 is 0 Å². The third kappa shape index (κ3) is 4.24. The molecule has 1 saturated carbocycles. The highest BCUT2D eigenvalue weighted by molar-refractivity contribution is 5.94. The van der Waals surface area contributed by atoms with Gasteiger partial charge in [-0.2, -0.15) is 0 Å². The van der Waals surface area contributed by atoms with Crippen molar-refractivity contribution in [1.82, 2.24) is 9.80 Å². The van der Waals surface area contributed by atoms with Gasteiger partial charge in [-0.15, -0.1) is 0 Å². The maximum Gasteiger partial charge on any atom is 0.159 e. The van der Waals surface area contributed by atoms with Crippen molar-refractivity contribution in [2.24, 2.45) is 0 Å². The van der Waals surface area contributed by atoms with Crippen molar-refractivity contribution in [3.8, 4) is 0 Å². The highest BCUT2D eigenvalue weighted by Crippen LogP contribution is 2.28. The number of ketones is 1. The molecule has 0 bridgehead atoms. The van der Waals surface area contributed by atoms with E-state index in [0.717, 1.165) is 44.2 Å². The molecule has 0 unspecified atom stereocenters. The Labute approximate surface area is 145 Å². The second-order valence-electron chi connectivity index (χ2n) is 7.33. The van der Waals surface area contributed by atoms with Crippen LogP contribution in [-0.4, -0.2) is 59.0 Å². The summed E-state index contributed by atoms with van der Waals surface area (Å²) >= 11 is 0. The van der Waals surface area contributed by atoms with E-state index in [9.17, 15) is 9.90 Å². The highest BCUT2D eigenvalue weighted by Gasteiger charge is 2.32. The Morgan fingerprint density at radius 3 is 2.75 bits per heavy atom. The zero-order valence-corrected chi connectivity index (χ0v) is 14.8. The van der Waals surface area contributed by atoms with Gasteiger partial charge in [0.25, 0.3) is 0 Å². The minimum Gasteiger partial charge on any atom is -0.396 e. The van der Waals surface area contributed by atoms with Crippen LogP contribution < -0.4 is 0 Å². The molecule has 1 saturated heterocycles. The summed E-state index contributed by atoms with van der Waals surface area (Å²) in [6.45, 7) is 5.96. The Morgan fingerprint density at radius 2 is 2.04 bits per heavy atom. The Hall–Kier alpha value is -1.23. The number of hydrogen-bond donors (Lipinski definition) is 1. The molecule has 0 aromatic heterocycles. The van der Waals surface area contributed by atoms with Crippen molar-refractivity contribution in [2.75, 3.05) is 26.2 Å². The maximum absolute atomic E-state index is 11.6. The molecule has 1 aromatic rings. The number of hydrogen-bond acceptors (Lipinski definition) is 4. The summed E-state index contributed by atoms with van der Waals surface area (Å²) in [5.41, 5.74) is 2.00. The number of carbonyl (C=O) groups is 1. The van der Waals surface area contributed by atoms with Gasteiger partial charge in [-0.25, -0.2) is 0 Å². The summed E-state index contributed by atoms with van der Waals surface area (Å²) in [6.07, 6.45) is 6.22. The Kier molecular flexibility index (Phi) is 6.04. The molecule has 1 N–H and O–H groups in total. The predicted octanol–water partition coefficient (Wildman–Crippen LogP) is 2.70. The third-order valence-corrected chi connectivity index (χ3v) is 5.61. The monoisotopic (exact) mass is 330 g/mol. The fourth-order valence-corrected chi connectivity index (χ4v) is 4.35. The summed E-state index contributed by atoms with van der Waals surface area (Å²) in [7, 11) is 0. The first-order chi connectivity index (χ1) is 11.7.